The number of carbonyl (C=O) groups is 4. The number of thioether (sulfide) groups is 1. The maximum Gasteiger partial charge on any atom is 0.252 e. The van der Waals surface area contributed by atoms with E-state index in [0.29, 0.717) is 13.0 Å². The average Bonchev–Trinajstić information content (AvgIpc) is 3.80. The predicted octanol–water partition coefficient (Wildman–Crippen LogP) is 2.93. The summed E-state index contributed by atoms with van der Waals surface area (Å²) < 4.78 is 17.7. The van der Waals surface area contributed by atoms with Gasteiger partial charge in [0.25, 0.3) is 5.91 Å². The number of likely N-dealkylation sites (N-methyl/N-ethyl adjacent to an activating group) is 2. The molecule has 1 saturated heterocycles. The molecule has 0 bridgehead atoms. The van der Waals surface area contributed by atoms with Crippen LogP contribution in [0.4, 0.5) is 0 Å². The van der Waals surface area contributed by atoms with Crippen molar-refractivity contribution in [2.75, 3.05) is 54.2 Å². The van der Waals surface area contributed by atoms with Crippen molar-refractivity contribution in [3.05, 3.63) is 48.0 Å². The summed E-state index contributed by atoms with van der Waals surface area (Å²) in [7, 11) is 8.45. The number of amides is 4. The van der Waals surface area contributed by atoms with Gasteiger partial charge in [-0.2, -0.15) is 0 Å². The lowest BCUT2D eigenvalue weighted by Gasteiger charge is -2.35. The fourth-order valence-corrected chi connectivity index (χ4v) is 8.07. The molecule has 1 aromatic carbocycles. The van der Waals surface area contributed by atoms with E-state index in [9.17, 15) is 19.2 Å². The fourth-order valence-electron chi connectivity index (χ4n) is 7.15. The maximum atomic E-state index is 13.9. The van der Waals surface area contributed by atoms with E-state index in [1.807, 2.05) is 90.9 Å². The summed E-state index contributed by atoms with van der Waals surface area (Å²) in [6.45, 7) is 12.6. The van der Waals surface area contributed by atoms with Gasteiger partial charge in [-0.15, -0.1) is 11.8 Å². The SMILES string of the molecule is CC[C@H](C)[C@@H](/C=C/C(=O)NC[C@H]1O[C@@H](C(=O)N[C@@H](Cc2ccccc2)C2=NCCS2)[C@@H](OC)[C@@H]1OC)N(C)C(=O)[C@@H](NC(=O)[C@H](C(C)C)N(C)C)C(C)C. The van der Waals surface area contributed by atoms with Crippen LogP contribution in [0.5, 0.6) is 0 Å². The van der Waals surface area contributed by atoms with Gasteiger partial charge in [-0.25, -0.2) is 0 Å². The molecule has 0 aromatic heterocycles. The Kier molecular flexibility index (Phi) is 18.1. The van der Waals surface area contributed by atoms with Crippen LogP contribution in [0, 0.1) is 17.8 Å². The lowest BCUT2D eigenvalue weighted by Crippen LogP contribution is -2.57. The van der Waals surface area contributed by atoms with Crippen LogP contribution in [-0.4, -0.2) is 141 Å². The molecule has 0 spiro atoms. The smallest absolute Gasteiger partial charge is 0.252 e. The van der Waals surface area contributed by atoms with Gasteiger partial charge in [0.05, 0.1) is 23.2 Å². The summed E-state index contributed by atoms with van der Waals surface area (Å²) in [6, 6.07) is 8.10. The molecule has 3 N–H and O–H groups in total. The fraction of sp³-hybridized carbons (Fsp3) is 0.675. The van der Waals surface area contributed by atoms with Crippen molar-refractivity contribution in [1.82, 2.24) is 25.8 Å². The zero-order valence-electron chi connectivity index (χ0n) is 34.0. The maximum absolute atomic E-state index is 13.9. The molecule has 4 amide bonds. The Morgan fingerprint density at radius 1 is 0.981 bits per heavy atom. The van der Waals surface area contributed by atoms with Crippen LogP contribution in [0.3, 0.4) is 0 Å². The zero-order valence-corrected chi connectivity index (χ0v) is 34.9. The molecule has 13 nitrogen and oxygen atoms in total. The first-order valence-electron chi connectivity index (χ1n) is 19.1. The van der Waals surface area contributed by atoms with E-state index >= 15 is 0 Å². The zero-order chi connectivity index (χ0) is 40.1. The molecule has 2 heterocycles. The van der Waals surface area contributed by atoms with Crippen LogP contribution in [0.25, 0.3) is 0 Å². The van der Waals surface area contributed by atoms with Crippen molar-refractivity contribution in [1.29, 1.82) is 0 Å². The Morgan fingerprint density at radius 2 is 1.65 bits per heavy atom. The molecule has 0 unspecified atom stereocenters. The Hall–Kier alpha value is -3.30. The predicted molar refractivity (Wildman–Crippen MR) is 214 cm³/mol. The van der Waals surface area contributed by atoms with Gasteiger partial charge in [0, 0.05) is 46.2 Å². The molecule has 1 fully saturated rings. The van der Waals surface area contributed by atoms with Crippen LogP contribution in [-0.2, 0) is 39.8 Å². The van der Waals surface area contributed by atoms with Gasteiger partial charge in [0.2, 0.25) is 17.7 Å². The normalized spacial score (nSPS) is 22.9. The molecule has 0 radical (unpaired) electrons. The average molecular weight is 773 g/mol. The van der Waals surface area contributed by atoms with E-state index in [2.05, 4.69) is 20.9 Å². The van der Waals surface area contributed by atoms with Gasteiger partial charge in [0.15, 0.2) is 6.10 Å². The molecular formula is C40H64N6O7S. The van der Waals surface area contributed by atoms with Crippen molar-refractivity contribution in [3.8, 4) is 0 Å². The first-order valence-corrected chi connectivity index (χ1v) is 20.0. The highest BCUT2D eigenvalue weighted by Gasteiger charge is 2.49. The van der Waals surface area contributed by atoms with Crippen LogP contribution in [0.2, 0.25) is 0 Å². The molecule has 302 valence electrons. The third-order valence-electron chi connectivity index (χ3n) is 10.2. The van der Waals surface area contributed by atoms with Crippen LogP contribution < -0.4 is 16.0 Å². The number of nitrogens with zero attached hydrogens (tertiary/aromatic N) is 3. The van der Waals surface area contributed by atoms with Gasteiger partial charge in [-0.05, 0) is 43.8 Å². The summed E-state index contributed by atoms with van der Waals surface area (Å²) in [5.74, 6) is -0.352. The van der Waals surface area contributed by atoms with Crippen molar-refractivity contribution >= 4 is 40.4 Å². The number of benzene rings is 1. The highest BCUT2D eigenvalue weighted by Crippen LogP contribution is 2.27. The second kappa shape index (κ2) is 21.7. The van der Waals surface area contributed by atoms with E-state index in [-0.39, 0.29) is 60.0 Å². The number of carbonyl (C=O) groups excluding carboxylic acids is 4. The summed E-state index contributed by atoms with van der Waals surface area (Å²) in [5.41, 5.74) is 1.08. The molecule has 54 heavy (non-hydrogen) atoms. The first kappa shape index (κ1) is 45.1. The molecule has 9 atom stereocenters. The molecule has 2 aliphatic heterocycles. The van der Waals surface area contributed by atoms with Crippen molar-refractivity contribution < 1.29 is 33.4 Å². The van der Waals surface area contributed by atoms with Crippen molar-refractivity contribution in [3.63, 3.8) is 0 Å². The summed E-state index contributed by atoms with van der Waals surface area (Å²) in [4.78, 5) is 62.3. The molecule has 0 saturated carbocycles. The quantitative estimate of drug-likeness (QED) is 0.170. The molecular weight excluding hydrogens is 709 g/mol. The third kappa shape index (κ3) is 12.1. The number of methoxy groups -OCH3 is 2. The standard InChI is InChI=1S/C40H64N6O7S/c1-12-26(6)29(46(9)40(50)32(24(2)3)44-37(48)33(25(4)5)45(7)8)18-19-31(47)42-23-30-34(51-10)35(52-11)36(53-30)38(49)43-28(39-41-20-21-54-39)22-27-16-14-13-15-17-27/h13-19,24-26,28-30,32-36H,12,20-23H2,1-11H3,(H,42,47)(H,43,49)(H,44,48)/b19-18+/t26-,28-,29+,30+,32-,33-,34+,35-,36+/m0/s1. The van der Waals surface area contributed by atoms with Gasteiger partial charge in [0.1, 0.15) is 24.4 Å². The van der Waals surface area contributed by atoms with E-state index < -0.39 is 36.5 Å². The Bertz CT molecular complexity index is 1430. The van der Waals surface area contributed by atoms with E-state index in [1.165, 1.54) is 20.3 Å². The van der Waals surface area contributed by atoms with E-state index in [0.717, 1.165) is 22.8 Å². The molecule has 2 aliphatic rings. The van der Waals surface area contributed by atoms with Gasteiger partial charge >= 0.3 is 0 Å². The van der Waals surface area contributed by atoms with Crippen molar-refractivity contribution in [2.45, 2.75) is 103 Å². The third-order valence-corrected chi connectivity index (χ3v) is 11.3. The summed E-state index contributed by atoms with van der Waals surface area (Å²) >= 11 is 1.64. The van der Waals surface area contributed by atoms with Crippen LogP contribution in [0.1, 0.15) is 53.5 Å². The highest BCUT2D eigenvalue weighted by atomic mass is 32.2. The minimum absolute atomic E-state index is 0.0220. The minimum Gasteiger partial charge on any atom is -0.376 e. The number of nitrogens with one attached hydrogen (secondary N) is 3. The van der Waals surface area contributed by atoms with Gasteiger partial charge < -0.3 is 35.1 Å². The summed E-state index contributed by atoms with van der Waals surface area (Å²) in [6.07, 6.45) is 1.53. The number of aliphatic imine (C=N–C) groups is 1. The lowest BCUT2D eigenvalue weighted by atomic mass is 9.94. The molecule has 1 aromatic rings. The van der Waals surface area contributed by atoms with E-state index in [1.54, 1.807) is 29.8 Å². The second-order valence-corrected chi connectivity index (χ2v) is 16.2. The minimum atomic E-state index is -0.972. The topological polar surface area (TPSA) is 151 Å². The Balaban J connectivity index is 1.69. The van der Waals surface area contributed by atoms with Crippen molar-refractivity contribution in [2.24, 2.45) is 22.7 Å². The number of hydrogen-bond acceptors (Lipinski definition) is 10. The molecule has 14 heteroatoms. The Labute approximate surface area is 326 Å². The summed E-state index contributed by atoms with van der Waals surface area (Å²) in [5, 5.41) is 9.92. The first-order chi connectivity index (χ1) is 25.6. The lowest BCUT2D eigenvalue weighted by molar-refractivity contribution is -0.140. The van der Waals surface area contributed by atoms with Gasteiger partial charge in [-0.1, -0.05) is 84.4 Å². The number of hydrogen-bond donors (Lipinski definition) is 3. The number of ether oxygens (including phenoxy) is 3. The van der Waals surface area contributed by atoms with E-state index in [4.69, 9.17) is 14.2 Å². The second-order valence-electron chi connectivity index (χ2n) is 15.1. The monoisotopic (exact) mass is 772 g/mol. The molecule has 3 rings (SSSR count). The largest absolute Gasteiger partial charge is 0.376 e. The number of rotatable bonds is 20. The Morgan fingerprint density at radius 3 is 2.19 bits per heavy atom. The van der Waals surface area contributed by atoms with Crippen LogP contribution in [0.15, 0.2) is 47.5 Å². The van der Waals surface area contributed by atoms with Gasteiger partial charge in [-0.3, -0.25) is 29.1 Å². The van der Waals surface area contributed by atoms with Crippen LogP contribution >= 0.6 is 11.8 Å². The highest BCUT2D eigenvalue weighted by molar-refractivity contribution is 8.14. The molecule has 0 aliphatic carbocycles.